The van der Waals surface area contributed by atoms with Crippen molar-refractivity contribution in [3.05, 3.63) is 42.7 Å². The Hall–Kier alpha value is -2.28. The summed E-state index contributed by atoms with van der Waals surface area (Å²) in [7, 11) is 1.58. The minimum Gasteiger partial charge on any atom is -0.495 e. The van der Waals surface area contributed by atoms with Gasteiger partial charge in [0.25, 0.3) is 0 Å². The normalized spacial score (nSPS) is 13.5. The number of anilines is 1. The molecule has 1 N–H and O–H groups in total. The summed E-state index contributed by atoms with van der Waals surface area (Å²) in [4.78, 5) is 12.2. The molecule has 126 valence electrons. The second kappa shape index (κ2) is 7.53. The van der Waals surface area contributed by atoms with Gasteiger partial charge in [-0.25, -0.2) is 0 Å². The molecule has 1 saturated carbocycles. The summed E-state index contributed by atoms with van der Waals surface area (Å²) in [5.74, 6) is 2.31. The maximum Gasteiger partial charge on any atom is 0.234 e. The molecule has 2 aromatic rings. The standard InChI is InChI=1S/C17H20N4O2S/c1-3-10-21-16(12-8-9-12)19-20-17(21)24-11-15(22)18-13-6-4-5-7-14(13)23-2/h3-7,12H,1,8-11H2,2H3,(H,18,22). The number of carbonyl (C=O) groups excluding carboxylic acids is 1. The molecule has 1 amide bonds. The molecule has 0 radical (unpaired) electrons. The SMILES string of the molecule is C=CCn1c(SCC(=O)Nc2ccccc2OC)nnc1C1CC1. The number of aromatic nitrogens is 3. The second-order valence-electron chi connectivity index (χ2n) is 5.55. The fraction of sp³-hybridized carbons (Fsp3) is 0.353. The molecule has 0 bridgehead atoms. The smallest absolute Gasteiger partial charge is 0.234 e. The average Bonchev–Trinajstić information content (AvgIpc) is 3.36. The van der Waals surface area contributed by atoms with Crippen molar-refractivity contribution in [2.45, 2.75) is 30.5 Å². The molecule has 0 spiro atoms. The third-order valence-corrected chi connectivity index (χ3v) is 4.68. The number of hydrogen-bond donors (Lipinski definition) is 1. The minimum absolute atomic E-state index is 0.106. The average molecular weight is 344 g/mol. The number of carbonyl (C=O) groups is 1. The zero-order chi connectivity index (χ0) is 16.9. The fourth-order valence-corrected chi connectivity index (χ4v) is 3.17. The first-order valence-electron chi connectivity index (χ1n) is 7.82. The highest BCUT2D eigenvalue weighted by atomic mass is 32.2. The highest BCUT2D eigenvalue weighted by molar-refractivity contribution is 7.99. The predicted molar refractivity (Wildman–Crippen MR) is 94.5 cm³/mol. The van der Waals surface area contributed by atoms with Crippen molar-refractivity contribution in [1.82, 2.24) is 14.8 Å². The molecule has 0 unspecified atom stereocenters. The molecule has 0 atom stereocenters. The molecule has 1 fully saturated rings. The summed E-state index contributed by atoms with van der Waals surface area (Å²) in [5, 5.41) is 12.1. The van der Waals surface area contributed by atoms with Gasteiger partial charge in [-0.05, 0) is 25.0 Å². The van der Waals surface area contributed by atoms with Crippen LogP contribution in [-0.4, -0.2) is 33.5 Å². The lowest BCUT2D eigenvalue weighted by molar-refractivity contribution is -0.113. The molecule has 0 saturated heterocycles. The van der Waals surface area contributed by atoms with Crippen LogP contribution in [0.3, 0.4) is 0 Å². The lowest BCUT2D eigenvalue weighted by Gasteiger charge is -2.10. The first-order valence-corrected chi connectivity index (χ1v) is 8.81. The Balaban J connectivity index is 1.63. The highest BCUT2D eigenvalue weighted by Gasteiger charge is 2.30. The first-order chi connectivity index (χ1) is 11.7. The Bertz CT molecular complexity index is 740. The zero-order valence-electron chi connectivity index (χ0n) is 13.6. The summed E-state index contributed by atoms with van der Waals surface area (Å²) in [5.41, 5.74) is 0.664. The van der Waals surface area contributed by atoms with E-state index in [1.807, 2.05) is 34.9 Å². The number of methoxy groups -OCH3 is 1. The van der Waals surface area contributed by atoms with E-state index in [1.165, 1.54) is 11.8 Å². The van der Waals surface area contributed by atoms with Crippen LogP contribution in [-0.2, 0) is 11.3 Å². The molecule has 0 aliphatic heterocycles. The molecule has 24 heavy (non-hydrogen) atoms. The number of allylic oxidation sites excluding steroid dienone is 1. The van der Waals surface area contributed by atoms with E-state index in [2.05, 4.69) is 22.1 Å². The summed E-state index contributed by atoms with van der Waals surface area (Å²) >= 11 is 1.38. The first kappa shape index (κ1) is 16.6. The number of para-hydroxylation sites is 2. The van der Waals surface area contributed by atoms with Crippen LogP contribution in [0, 0.1) is 0 Å². The lowest BCUT2D eigenvalue weighted by Crippen LogP contribution is -2.15. The molecule has 7 heteroatoms. The van der Waals surface area contributed by atoms with Gasteiger partial charge in [0.1, 0.15) is 11.6 Å². The van der Waals surface area contributed by atoms with Crippen LogP contribution in [0.4, 0.5) is 5.69 Å². The third kappa shape index (κ3) is 3.79. The number of hydrogen-bond acceptors (Lipinski definition) is 5. The molecule has 1 aromatic carbocycles. The van der Waals surface area contributed by atoms with Crippen LogP contribution in [0.25, 0.3) is 0 Å². The van der Waals surface area contributed by atoms with Crippen LogP contribution >= 0.6 is 11.8 Å². The van der Waals surface area contributed by atoms with E-state index in [4.69, 9.17) is 4.74 Å². The monoisotopic (exact) mass is 344 g/mol. The summed E-state index contributed by atoms with van der Waals surface area (Å²) in [6, 6.07) is 7.34. The van der Waals surface area contributed by atoms with Crippen molar-refractivity contribution < 1.29 is 9.53 Å². The van der Waals surface area contributed by atoms with Crippen molar-refractivity contribution in [1.29, 1.82) is 0 Å². The summed E-state index contributed by atoms with van der Waals surface area (Å²) in [6.45, 7) is 4.45. The minimum atomic E-state index is -0.106. The largest absolute Gasteiger partial charge is 0.495 e. The number of thioether (sulfide) groups is 1. The van der Waals surface area contributed by atoms with Crippen molar-refractivity contribution in [3.63, 3.8) is 0 Å². The topological polar surface area (TPSA) is 69.0 Å². The van der Waals surface area contributed by atoms with Crippen LogP contribution in [0.5, 0.6) is 5.75 Å². The Kier molecular flexibility index (Phi) is 5.20. The number of nitrogens with zero attached hydrogens (tertiary/aromatic N) is 3. The van der Waals surface area contributed by atoms with Gasteiger partial charge in [0.2, 0.25) is 5.91 Å². The summed E-state index contributed by atoms with van der Waals surface area (Å²) < 4.78 is 7.28. The van der Waals surface area contributed by atoms with Gasteiger partial charge in [0, 0.05) is 12.5 Å². The van der Waals surface area contributed by atoms with E-state index >= 15 is 0 Å². The van der Waals surface area contributed by atoms with E-state index in [0.29, 0.717) is 23.9 Å². The maximum atomic E-state index is 12.2. The van der Waals surface area contributed by atoms with Gasteiger partial charge < -0.3 is 14.6 Å². The molecule has 1 aromatic heterocycles. The molecule has 1 heterocycles. The maximum absolute atomic E-state index is 12.2. The van der Waals surface area contributed by atoms with Gasteiger partial charge in [-0.3, -0.25) is 4.79 Å². The number of ether oxygens (including phenoxy) is 1. The number of amides is 1. The van der Waals surface area contributed by atoms with Crippen LogP contribution < -0.4 is 10.1 Å². The van der Waals surface area contributed by atoms with E-state index in [1.54, 1.807) is 7.11 Å². The predicted octanol–water partition coefficient (Wildman–Crippen LogP) is 3.08. The molecular formula is C17H20N4O2S. The zero-order valence-corrected chi connectivity index (χ0v) is 14.4. The fourth-order valence-electron chi connectivity index (χ4n) is 2.42. The Labute approximate surface area is 145 Å². The van der Waals surface area contributed by atoms with Crippen molar-refractivity contribution >= 4 is 23.4 Å². The Morgan fingerprint density at radius 2 is 2.25 bits per heavy atom. The number of rotatable bonds is 8. The van der Waals surface area contributed by atoms with Crippen LogP contribution in [0.2, 0.25) is 0 Å². The van der Waals surface area contributed by atoms with Crippen molar-refractivity contribution in [2.75, 3.05) is 18.2 Å². The Morgan fingerprint density at radius 3 is 2.96 bits per heavy atom. The van der Waals surface area contributed by atoms with Gasteiger partial charge in [-0.15, -0.1) is 16.8 Å². The van der Waals surface area contributed by atoms with Gasteiger partial charge >= 0.3 is 0 Å². The number of nitrogens with one attached hydrogen (secondary N) is 1. The second-order valence-corrected chi connectivity index (χ2v) is 6.49. The van der Waals surface area contributed by atoms with Crippen molar-refractivity contribution in [3.8, 4) is 5.75 Å². The molecule has 1 aliphatic rings. The molecule has 6 nitrogen and oxygen atoms in total. The van der Waals surface area contributed by atoms with E-state index in [-0.39, 0.29) is 11.7 Å². The molecule has 3 rings (SSSR count). The van der Waals surface area contributed by atoms with E-state index in [9.17, 15) is 4.79 Å². The van der Waals surface area contributed by atoms with Crippen LogP contribution in [0.15, 0.2) is 42.1 Å². The van der Waals surface area contributed by atoms with E-state index in [0.717, 1.165) is 23.8 Å². The van der Waals surface area contributed by atoms with Gasteiger partial charge in [0.05, 0.1) is 18.6 Å². The van der Waals surface area contributed by atoms with Gasteiger partial charge in [-0.2, -0.15) is 0 Å². The Morgan fingerprint density at radius 1 is 1.46 bits per heavy atom. The molecule has 1 aliphatic carbocycles. The van der Waals surface area contributed by atoms with Crippen molar-refractivity contribution in [2.24, 2.45) is 0 Å². The summed E-state index contributed by atoms with van der Waals surface area (Å²) in [6.07, 6.45) is 4.15. The van der Waals surface area contributed by atoms with Crippen LogP contribution in [0.1, 0.15) is 24.6 Å². The van der Waals surface area contributed by atoms with E-state index < -0.39 is 0 Å². The quantitative estimate of drug-likeness (QED) is 0.589. The lowest BCUT2D eigenvalue weighted by atomic mass is 10.3. The third-order valence-electron chi connectivity index (χ3n) is 3.71. The highest BCUT2D eigenvalue weighted by Crippen LogP contribution is 2.40. The van der Waals surface area contributed by atoms with Gasteiger partial charge in [-0.1, -0.05) is 30.0 Å². The van der Waals surface area contributed by atoms with Gasteiger partial charge in [0.15, 0.2) is 5.16 Å². The number of benzene rings is 1. The molecular weight excluding hydrogens is 324 g/mol.